The molecule has 20 heteroatoms. The molecule has 5 atom stereocenters. The highest BCUT2D eigenvalue weighted by atomic mass is 79.9. The molecule has 3 saturated heterocycles. The molecule has 0 spiro atoms. The van der Waals surface area contributed by atoms with Gasteiger partial charge in [0.1, 0.15) is 77.7 Å². The van der Waals surface area contributed by atoms with Gasteiger partial charge < -0.3 is 78.2 Å². The number of aliphatic hydroxyl groups is 3. The summed E-state index contributed by atoms with van der Waals surface area (Å²) in [6, 6.07) is 36.7. The van der Waals surface area contributed by atoms with Crippen molar-refractivity contribution in [2.75, 3.05) is 114 Å². The third-order valence-corrected chi connectivity index (χ3v) is 22.1. The maximum absolute atomic E-state index is 12.1. The van der Waals surface area contributed by atoms with E-state index in [1.54, 1.807) is 28.4 Å². The normalized spacial score (nSPS) is 22.0. The molecule has 12 rings (SSSR count). The minimum absolute atomic E-state index is 0.0417. The Morgan fingerprint density at radius 3 is 1.37 bits per heavy atom. The Bertz CT molecular complexity index is 3510. The third kappa shape index (κ3) is 21.0. The van der Waals surface area contributed by atoms with E-state index in [0.717, 1.165) is 169 Å². The van der Waals surface area contributed by atoms with Crippen LogP contribution in [-0.2, 0) is 68.7 Å². The van der Waals surface area contributed by atoms with Crippen LogP contribution in [0.1, 0.15) is 121 Å². The standard InChI is InChI=1S/C27H36BrNO5.C23H26BrNO4.C14H20BrNO2.C14H20O3/c1-27(32-3)22-15-19(5-7-24(22)33-17-26(27)30)8-11-29-12-9-20(10-13-29)14-21-4-6-23(28)25(16-21)34-18-31-2;24-19-3-1-17(13-20(19)26)11-16-6-9-25(10-7-16)8-5-15-2-4-22-18(12-15)23(28)21(27)14-29-22;1-17-10-18-14-9-12(2-3-13(14)15)8-11-4-6-16-7-5-11;1-4-5-10-6-7-12-11(8-10)14(2,16-3)13(15)9-17-12/h4-7,15-16,20,26,30H,8-14,17-18H2,1-3H3;1-4,12-13,16,21,26-27H,5-11,14H2;2-3,9,11,16H,4-8,10H2,1H3;6-8,13,15H,4-5,9H2,1-3H3. The summed E-state index contributed by atoms with van der Waals surface area (Å²) in [6.07, 6.45) is 12.1. The third-order valence-electron chi connectivity index (χ3n) is 20.2. The lowest BCUT2D eigenvalue weighted by molar-refractivity contribution is -0.122. The van der Waals surface area contributed by atoms with E-state index < -0.39 is 29.5 Å². The van der Waals surface area contributed by atoms with E-state index in [4.69, 9.17) is 42.6 Å². The van der Waals surface area contributed by atoms with Crippen molar-refractivity contribution in [3.8, 4) is 34.5 Å². The summed E-state index contributed by atoms with van der Waals surface area (Å²) in [6.45, 7) is 15.8. The van der Waals surface area contributed by atoms with Crippen LogP contribution in [0.3, 0.4) is 0 Å². The average molecular weight is 1550 g/mol. The number of benzene rings is 6. The molecule has 6 aromatic carbocycles. The SMILES string of the molecule is CCCc1ccc2c(c1)C(C)(OC)C(O)CO2.COCOc1cc(CC2CCN(CCc3ccc4c(c3)C(C)(OC)C(O)CO4)CC2)ccc1Br.COCOc1cc(CC2CCNCC2)ccc1Br.O=C1c2cc(CCN3CCC(Cc4ccc(Br)c(O)c4)CC3)ccc2OCC1O. The number of ether oxygens (including phenoxy) is 9. The van der Waals surface area contributed by atoms with E-state index in [1.165, 1.54) is 53.5 Å². The second-order valence-corrected chi connectivity index (χ2v) is 29.6. The molecule has 0 aromatic heterocycles. The van der Waals surface area contributed by atoms with Gasteiger partial charge in [-0.25, -0.2) is 0 Å². The van der Waals surface area contributed by atoms with Crippen molar-refractivity contribution < 1.29 is 67.9 Å². The fraction of sp³-hybridized carbons (Fsp3) is 0.526. The smallest absolute Gasteiger partial charge is 0.198 e. The van der Waals surface area contributed by atoms with Gasteiger partial charge in [0.15, 0.2) is 25.5 Å². The Morgan fingerprint density at radius 1 is 0.510 bits per heavy atom. The molecule has 5 unspecified atom stereocenters. The number of phenols is 1. The lowest BCUT2D eigenvalue weighted by Gasteiger charge is -2.39. The number of ketones is 1. The first-order valence-corrected chi connectivity index (χ1v) is 37.1. The number of methoxy groups -OCH3 is 4. The van der Waals surface area contributed by atoms with E-state index in [9.17, 15) is 25.2 Å². The van der Waals surface area contributed by atoms with Crippen LogP contribution in [0.5, 0.6) is 34.5 Å². The number of likely N-dealkylation sites (tertiary alicyclic amines) is 2. The molecule has 6 aliphatic heterocycles. The number of rotatable bonds is 22. The van der Waals surface area contributed by atoms with Crippen molar-refractivity contribution in [3.05, 3.63) is 173 Å². The van der Waals surface area contributed by atoms with E-state index >= 15 is 0 Å². The minimum Gasteiger partial charge on any atom is -0.507 e. The van der Waals surface area contributed by atoms with Crippen molar-refractivity contribution in [2.24, 2.45) is 17.8 Å². The van der Waals surface area contributed by atoms with Crippen LogP contribution in [0.2, 0.25) is 0 Å². The molecule has 17 nitrogen and oxygen atoms in total. The number of aromatic hydroxyl groups is 1. The average Bonchev–Trinajstić information content (AvgIpc) is 0.776. The van der Waals surface area contributed by atoms with E-state index in [0.29, 0.717) is 28.9 Å². The molecule has 0 aliphatic carbocycles. The first kappa shape index (κ1) is 77.0. The highest BCUT2D eigenvalue weighted by molar-refractivity contribution is 9.11. The summed E-state index contributed by atoms with van der Waals surface area (Å²) in [5.41, 5.74) is 8.43. The number of hydrogen-bond acceptors (Lipinski definition) is 17. The Kier molecular flexibility index (Phi) is 29.6. The molecule has 5 N–H and O–H groups in total. The molecular weight excluding hydrogens is 1440 g/mol. The Balaban J connectivity index is 0.000000159. The molecule has 6 aliphatic rings. The number of hydrogen-bond donors (Lipinski definition) is 5. The zero-order valence-corrected chi connectivity index (χ0v) is 62.9. The van der Waals surface area contributed by atoms with Crippen molar-refractivity contribution in [2.45, 2.75) is 134 Å². The summed E-state index contributed by atoms with van der Waals surface area (Å²) >= 11 is 10.4. The summed E-state index contributed by atoms with van der Waals surface area (Å²) in [4.78, 5) is 17.2. The number of aryl methyl sites for hydroxylation is 1. The molecule has 6 heterocycles. The fourth-order valence-corrected chi connectivity index (χ4v) is 14.7. The zero-order valence-electron chi connectivity index (χ0n) is 58.1. The first-order valence-electron chi connectivity index (χ1n) is 34.7. The predicted molar refractivity (Wildman–Crippen MR) is 392 cm³/mol. The molecule has 3 fully saturated rings. The van der Waals surface area contributed by atoms with Crippen LogP contribution in [0.25, 0.3) is 0 Å². The molecule has 6 aromatic rings. The van der Waals surface area contributed by atoms with Gasteiger partial charge >= 0.3 is 0 Å². The highest BCUT2D eigenvalue weighted by Gasteiger charge is 2.43. The van der Waals surface area contributed by atoms with Crippen LogP contribution < -0.4 is 29.0 Å². The molecule has 0 bridgehead atoms. The molecule has 0 saturated carbocycles. The zero-order chi connectivity index (χ0) is 69.8. The van der Waals surface area contributed by atoms with Crippen molar-refractivity contribution >= 4 is 53.6 Å². The van der Waals surface area contributed by atoms with Crippen molar-refractivity contribution in [3.63, 3.8) is 0 Å². The highest BCUT2D eigenvalue weighted by Crippen LogP contribution is 2.42. The van der Waals surface area contributed by atoms with Gasteiger partial charge in [0.05, 0.1) is 19.0 Å². The second kappa shape index (κ2) is 37.7. The van der Waals surface area contributed by atoms with E-state index in [1.807, 2.05) is 56.3 Å². The van der Waals surface area contributed by atoms with Gasteiger partial charge in [-0.2, -0.15) is 0 Å². The lowest BCUT2D eigenvalue weighted by atomic mass is 9.86. The summed E-state index contributed by atoms with van der Waals surface area (Å²) in [5, 5.41) is 43.4. The number of aliphatic hydroxyl groups excluding tert-OH is 3. The maximum Gasteiger partial charge on any atom is 0.198 e. The Hall–Kier alpha value is -5.17. The molecule has 98 heavy (non-hydrogen) atoms. The Morgan fingerprint density at radius 2 is 0.918 bits per heavy atom. The van der Waals surface area contributed by atoms with Gasteiger partial charge in [0, 0.05) is 52.7 Å². The topological polar surface area (TPSA) is 200 Å². The van der Waals surface area contributed by atoms with Crippen LogP contribution >= 0.6 is 47.8 Å². The van der Waals surface area contributed by atoms with Gasteiger partial charge in [0.2, 0.25) is 0 Å². The number of Topliss-reactive ketones (excluding diaryl/α,β-unsaturated/α-hetero) is 1. The number of piperidine rings is 3. The molecule has 0 amide bonds. The molecule has 0 radical (unpaired) electrons. The number of halogens is 3. The number of fused-ring (bicyclic) bond motifs is 3. The van der Waals surface area contributed by atoms with Crippen LogP contribution in [-0.4, -0.2) is 169 Å². The number of nitrogens with zero attached hydrogens (tertiary/aromatic N) is 2. The van der Waals surface area contributed by atoms with Gasteiger partial charge in [-0.15, -0.1) is 0 Å². The molecular formula is C78H102Br3N3O14. The second-order valence-electron chi connectivity index (χ2n) is 27.0. The largest absolute Gasteiger partial charge is 0.507 e. The predicted octanol–water partition coefficient (Wildman–Crippen LogP) is 13.4. The van der Waals surface area contributed by atoms with Gasteiger partial charge in [-0.1, -0.05) is 49.7 Å². The Labute approximate surface area is 605 Å². The summed E-state index contributed by atoms with van der Waals surface area (Å²) in [7, 11) is 6.54. The number of carbonyl (C=O) groups is 1. The fourth-order valence-electron chi connectivity index (χ4n) is 13.8. The van der Waals surface area contributed by atoms with Crippen LogP contribution in [0, 0.1) is 17.8 Å². The van der Waals surface area contributed by atoms with Crippen LogP contribution in [0.4, 0.5) is 0 Å². The molecule has 534 valence electrons. The number of phenolic OH excluding ortho intramolecular Hbond substituents is 1. The lowest BCUT2D eigenvalue weighted by Crippen LogP contribution is -2.45. The monoisotopic (exact) mass is 1540 g/mol. The van der Waals surface area contributed by atoms with E-state index in [2.05, 4.69) is 137 Å². The minimum atomic E-state index is -1.05. The number of carbonyl (C=O) groups excluding carboxylic acids is 1. The van der Waals surface area contributed by atoms with Gasteiger partial charge in [0.25, 0.3) is 0 Å². The van der Waals surface area contributed by atoms with Crippen molar-refractivity contribution in [1.82, 2.24) is 15.1 Å². The maximum atomic E-state index is 12.1. The van der Waals surface area contributed by atoms with Gasteiger partial charge in [-0.3, -0.25) is 4.79 Å². The van der Waals surface area contributed by atoms with Crippen LogP contribution in [0.15, 0.2) is 123 Å². The first-order chi connectivity index (χ1) is 47.3. The summed E-state index contributed by atoms with van der Waals surface area (Å²) in [5.74, 6) is 6.10. The van der Waals surface area contributed by atoms with Gasteiger partial charge in [-0.05, 0) is 302 Å². The van der Waals surface area contributed by atoms with Crippen molar-refractivity contribution in [1.29, 1.82) is 0 Å². The number of nitrogens with one attached hydrogen (secondary N) is 1. The summed E-state index contributed by atoms with van der Waals surface area (Å²) < 4.78 is 51.7. The van der Waals surface area contributed by atoms with E-state index in [-0.39, 0.29) is 39.2 Å². The quantitative estimate of drug-likeness (QED) is 0.0402.